The van der Waals surface area contributed by atoms with Crippen LogP contribution >= 0.6 is 7.82 Å². The molecule has 0 aliphatic carbocycles. The molecule has 0 rings (SSSR count). The van der Waals surface area contributed by atoms with Gasteiger partial charge in [0.05, 0.1) is 33.8 Å². The number of esters is 1. The smallest absolute Gasteiger partial charge is 0.306 e. The molecule has 0 fully saturated rings. The zero-order valence-electron chi connectivity index (χ0n) is 58.0. The maximum Gasteiger partial charge on any atom is 0.306 e. The van der Waals surface area contributed by atoms with Crippen molar-refractivity contribution in [2.24, 2.45) is 0 Å². The van der Waals surface area contributed by atoms with Gasteiger partial charge in [0.2, 0.25) is 5.91 Å². The van der Waals surface area contributed by atoms with E-state index in [1.165, 1.54) is 276 Å². The number of unbranched alkanes of at least 4 members (excludes halogenated alkanes) is 47. The van der Waals surface area contributed by atoms with Gasteiger partial charge < -0.3 is 28.5 Å². The van der Waals surface area contributed by atoms with Crippen LogP contribution in [0.15, 0.2) is 48.6 Å². The molecule has 0 aromatic heterocycles. The number of carbonyl (C=O) groups is 2. The quantitative estimate of drug-likeness (QED) is 0.0212. The molecule has 0 aliphatic rings. The molecule has 0 saturated carbocycles. The number of nitrogens with zero attached hydrogens (tertiary/aromatic N) is 1. The first-order valence-corrected chi connectivity index (χ1v) is 38.9. The van der Waals surface area contributed by atoms with Gasteiger partial charge in [0.15, 0.2) is 0 Å². The van der Waals surface area contributed by atoms with Crippen molar-refractivity contribution in [1.82, 2.24) is 5.32 Å². The van der Waals surface area contributed by atoms with Crippen molar-refractivity contribution in [3.8, 4) is 0 Å². The molecule has 10 heteroatoms. The third kappa shape index (κ3) is 66.4. The standard InChI is InChI=1S/C76H145N2O7P/c1-7-10-13-16-19-22-25-28-30-32-34-36-37-38-39-40-41-43-45-47-49-51-54-57-60-63-66-69-76(80)85-74(67-64-61-58-55-52-27-24-21-18-15-12-9-3)73(72-84-86(81,82)83-71-70-78(4,5)6)77-75(79)68-65-62-59-56-53-50-48-46-44-42-35-33-31-29-26-23-20-17-14-11-8-2/h19,22,28-31,64,67,73-74H,7-18,20-21,23-27,32-63,65-66,68-72H2,1-6H3,(H-,77,79,81,82)/b22-19-,30-28-,31-29+,67-64-. The third-order valence-electron chi connectivity index (χ3n) is 17.0. The molecule has 0 aliphatic heterocycles. The maximum atomic E-state index is 13.6. The van der Waals surface area contributed by atoms with E-state index in [2.05, 4.69) is 62.5 Å². The topological polar surface area (TPSA) is 114 Å². The number of nitrogens with one attached hydrogen (secondary N) is 1. The van der Waals surface area contributed by atoms with Crippen LogP contribution in [-0.2, 0) is 27.9 Å². The Morgan fingerprint density at radius 1 is 0.407 bits per heavy atom. The van der Waals surface area contributed by atoms with Gasteiger partial charge in [0.25, 0.3) is 7.82 Å². The Morgan fingerprint density at radius 3 is 1.08 bits per heavy atom. The van der Waals surface area contributed by atoms with E-state index >= 15 is 0 Å². The highest BCUT2D eigenvalue weighted by atomic mass is 31.2. The summed E-state index contributed by atoms with van der Waals surface area (Å²) in [6.45, 7) is 6.87. The molecule has 3 unspecified atom stereocenters. The Kier molecular flexibility index (Phi) is 64.4. The number of quaternary nitrogens is 1. The van der Waals surface area contributed by atoms with Gasteiger partial charge in [-0.15, -0.1) is 0 Å². The molecule has 0 radical (unpaired) electrons. The van der Waals surface area contributed by atoms with Gasteiger partial charge in [-0.05, 0) is 89.5 Å². The Balaban J connectivity index is 4.96. The largest absolute Gasteiger partial charge is 0.756 e. The minimum atomic E-state index is -4.70. The van der Waals surface area contributed by atoms with Crippen LogP contribution in [0.4, 0.5) is 0 Å². The second-order valence-electron chi connectivity index (χ2n) is 26.8. The Labute approximate surface area is 535 Å². The fraction of sp³-hybridized carbons (Fsp3) is 0.868. The van der Waals surface area contributed by atoms with Gasteiger partial charge in [-0.3, -0.25) is 14.2 Å². The number of ether oxygens (including phenoxy) is 1. The number of allylic oxidation sites excluding steroid dienone is 7. The molecule has 0 spiro atoms. The van der Waals surface area contributed by atoms with Gasteiger partial charge in [-0.1, -0.05) is 320 Å². The van der Waals surface area contributed by atoms with Gasteiger partial charge in [0, 0.05) is 12.8 Å². The molecule has 1 amide bonds. The minimum Gasteiger partial charge on any atom is -0.756 e. The minimum absolute atomic E-state index is 0.0203. The van der Waals surface area contributed by atoms with Crippen molar-refractivity contribution in [2.75, 3.05) is 40.9 Å². The molecule has 0 aromatic rings. The normalized spacial score (nSPS) is 13.7. The van der Waals surface area contributed by atoms with Crippen molar-refractivity contribution >= 4 is 19.7 Å². The highest BCUT2D eigenvalue weighted by Crippen LogP contribution is 2.38. The van der Waals surface area contributed by atoms with Crippen LogP contribution in [0.5, 0.6) is 0 Å². The monoisotopic (exact) mass is 1230 g/mol. The van der Waals surface area contributed by atoms with Gasteiger partial charge in [0.1, 0.15) is 19.3 Å². The SMILES string of the molecule is CCCCC/C=C\C/C=C\CCCCCCCCCCCCCCCCCCCC(=O)OC(/C=C\CCCCCCCCCCCC)C(COP(=O)([O-])OCC[N+](C)(C)C)NC(=O)CCCCCCCCCCCCC/C=C/CCCCCCCC. The van der Waals surface area contributed by atoms with Crippen molar-refractivity contribution in [3.05, 3.63) is 48.6 Å². The lowest BCUT2D eigenvalue weighted by molar-refractivity contribution is -0.870. The molecule has 0 saturated heterocycles. The Morgan fingerprint density at radius 2 is 0.709 bits per heavy atom. The van der Waals surface area contributed by atoms with Crippen LogP contribution in [0.25, 0.3) is 0 Å². The highest BCUT2D eigenvalue weighted by molar-refractivity contribution is 7.45. The van der Waals surface area contributed by atoms with Crippen LogP contribution in [0, 0.1) is 0 Å². The first-order valence-electron chi connectivity index (χ1n) is 37.4. The summed E-state index contributed by atoms with van der Waals surface area (Å²) in [5.41, 5.74) is 0. The van der Waals surface area contributed by atoms with Gasteiger partial charge >= 0.3 is 5.97 Å². The molecule has 0 heterocycles. The lowest BCUT2D eigenvalue weighted by Crippen LogP contribution is -2.47. The average molecular weight is 1230 g/mol. The summed E-state index contributed by atoms with van der Waals surface area (Å²) in [6, 6.07) is -0.887. The molecule has 86 heavy (non-hydrogen) atoms. The van der Waals surface area contributed by atoms with E-state index in [1.54, 1.807) is 0 Å². The summed E-state index contributed by atoms with van der Waals surface area (Å²) in [6.07, 6.45) is 83.9. The van der Waals surface area contributed by atoms with E-state index in [-0.39, 0.29) is 31.5 Å². The Bertz CT molecular complexity index is 1610. The van der Waals surface area contributed by atoms with Crippen molar-refractivity contribution in [3.63, 3.8) is 0 Å². The first-order chi connectivity index (χ1) is 41.9. The summed E-state index contributed by atoms with van der Waals surface area (Å²) in [5, 5.41) is 3.05. The number of likely N-dealkylation sites (N-methyl/N-ethyl adjacent to an activating group) is 1. The van der Waals surface area contributed by atoms with Gasteiger partial charge in [-0.25, -0.2) is 0 Å². The molecule has 506 valence electrons. The predicted molar refractivity (Wildman–Crippen MR) is 372 cm³/mol. The van der Waals surface area contributed by atoms with Crippen LogP contribution in [0.3, 0.4) is 0 Å². The molecular formula is C76H145N2O7P. The fourth-order valence-electron chi connectivity index (χ4n) is 11.2. The molecule has 0 bridgehead atoms. The van der Waals surface area contributed by atoms with Crippen molar-refractivity contribution in [2.45, 2.75) is 386 Å². The zero-order valence-corrected chi connectivity index (χ0v) is 58.9. The molecular weight excluding hydrogens is 1080 g/mol. The summed E-state index contributed by atoms with van der Waals surface area (Å²) >= 11 is 0. The number of carbonyl (C=O) groups excluding carboxylic acids is 2. The summed E-state index contributed by atoms with van der Waals surface area (Å²) in [5.74, 6) is -0.523. The van der Waals surface area contributed by atoms with E-state index in [9.17, 15) is 19.0 Å². The summed E-state index contributed by atoms with van der Waals surface area (Å²) < 4.78 is 30.5. The lowest BCUT2D eigenvalue weighted by Gasteiger charge is -2.30. The zero-order chi connectivity index (χ0) is 62.8. The van der Waals surface area contributed by atoms with Gasteiger partial charge in [-0.2, -0.15) is 0 Å². The average Bonchev–Trinajstić information content (AvgIpc) is 3.65. The van der Waals surface area contributed by atoms with E-state index in [1.807, 2.05) is 33.3 Å². The number of phosphoric acid groups is 1. The van der Waals surface area contributed by atoms with Crippen LogP contribution in [0.1, 0.15) is 374 Å². The second-order valence-corrected chi connectivity index (χ2v) is 28.2. The molecule has 9 nitrogen and oxygen atoms in total. The van der Waals surface area contributed by atoms with Crippen LogP contribution in [0.2, 0.25) is 0 Å². The van der Waals surface area contributed by atoms with E-state index < -0.39 is 20.0 Å². The van der Waals surface area contributed by atoms with Crippen molar-refractivity contribution in [1.29, 1.82) is 0 Å². The van der Waals surface area contributed by atoms with E-state index in [4.69, 9.17) is 13.8 Å². The van der Waals surface area contributed by atoms with Crippen LogP contribution < -0.4 is 10.2 Å². The first kappa shape index (κ1) is 84.0. The van der Waals surface area contributed by atoms with Crippen LogP contribution in [-0.4, -0.2) is 69.4 Å². The number of amides is 1. The summed E-state index contributed by atoms with van der Waals surface area (Å²) in [7, 11) is 1.20. The third-order valence-corrected chi connectivity index (χ3v) is 17.9. The molecule has 0 aromatic carbocycles. The van der Waals surface area contributed by atoms with E-state index in [0.29, 0.717) is 17.4 Å². The Hall–Kier alpha value is -2.03. The molecule has 1 N–H and O–H groups in total. The number of hydrogen-bond donors (Lipinski definition) is 1. The predicted octanol–water partition coefficient (Wildman–Crippen LogP) is 23.3. The second kappa shape index (κ2) is 65.9. The highest BCUT2D eigenvalue weighted by Gasteiger charge is 2.27. The number of hydrogen-bond acceptors (Lipinski definition) is 7. The maximum absolute atomic E-state index is 13.6. The summed E-state index contributed by atoms with van der Waals surface area (Å²) in [4.78, 5) is 40.2. The van der Waals surface area contributed by atoms with E-state index in [0.717, 1.165) is 64.2 Å². The number of rotatable bonds is 69. The number of phosphoric ester groups is 1. The lowest BCUT2D eigenvalue weighted by atomic mass is 10.0. The molecule has 3 atom stereocenters. The van der Waals surface area contributed by atoms with Crippen molar-refractivity contribution < 1.29 is 37.3 Å². The fourth-order valence-corrected chi connectivity index (χ4v) is 11.9.